The Bertz CT molecular complexity index is 778. The van der Waals surface area contributed by atoms with Crippen LogP contribution in [0.4, 0.5) is 0 Å². The van der Waals surface area contributed by atoms with Gasteiger partial charge >= 0.3 is 5.97 Å². The van der Waals surface area contributed by atoms with Gasteiger partial charge in [0.15, 0.2) is 0 Å². The number of carbonyl (C=O) groups is 3. The van der Waals surface area contributed by atoms with E-state index in [1.165, 1.54) is 29.5 Å². The number of aromatic carboxylic acids is 1. The van der Waals surface area contributed by atoms with Crippen molar-refractivity contribution in [2.75, 3.05) is 0 Å². The van der Waals surface area contributed by atoms with Gasteiger partial charge in [0, 0.05) is 9.75 Å². The fourth-order valence-corrected chi connectivity index (χ4v) is 3.17. The van der Waals surface area contributed by atoms with Crippen LogP contribution in [0.15, 0.2) is 30.3 Å². The summed E-state index contributed by atoms with van der Waals surface area (Å²) < 4.78 is 0. The maximum absolute atomic E-state index is 12.3. The molecular weight excluding hydrogens is 290 g/mol. The zero-order valence-corrected chi connectivity index (χ0v) is 11.9. The minimum atomic E-state index is -1.12. The van der Waals surface area contributed by atoms with Crippen molar-refractivity contribution in [2.24, 2.45) is 0 Å². The van der Waals surface area contributed by atoms with Gasteiger partial charge in [-0.05, 0) is 37.3 Å². The van der Waals surface area contributed by atoms with Crippen molar-refractivity contribution in [3.8, 4) is 0 Å². The number of carboxylic acids is 1. The first kappa shape index (κ1) is 13.5. The van der Waals surface area contributed by atoms with Crippen LogP contribution in [0.5, 0.6) is 0 Å². The Hall–Kier alpha value is -2.47. The number of aryl methyl sites for hydroxylation is 1. The number of amides is 2. The molecule has 6 heteroatoms. The van der Waals surface area contributed by atoms with E-state index in [1.807, 2.05) is 19.1 Å². The zero-order valence-electron chi connectivity index (χ0n) is 11.1. The van der Waals surface area contributed by atoms with E-state index in [0.29, 0.717) is 0 Å². The highest BCUT2D eigenvalue weighted by molar-refractivity contribution is 7.11. The van der Waals surface area contributed by atoms with Crippen LogP contribution in [-0.2, 0) is 6.54 Å². The largest absolute Gasteiger partial charge is 0.478 e. The van der Waals surface area contributed by atoms with Gasteiger partial charge in [0.05, 0.1) is 23.2 Å². The van der Waals surface area contributed by atoms with Gasteiger partial charge in [-0.15, -0.1) is 11.3 Å². The molecular formula is C15H11NO4S. The molecule has 2 heterocycles. The smallest absolute Gasteiger partial charge is 0.335 e. The third kappa shape index (κ3) is 2.23. The number of carboxylic acid groups (broad SMARTS) is 1. The summed E-state index contributed by atoms with van der Waals surface area (Å²) in [5.74, 6) is -1.94. The molecule has 1 aromatic heterocycles. The minimum Gasteiger partial charge on any atom is -0.478 e. The Balaban J connectivity index is 1.94. The van der Waals surface area contributed by atoms with Crippen LogP contribution in [0.1, 0.15) is 40.8 Å². The molecule has 0 saturated carbocycles. The maximum Gasteiger partial charge on any atom is 0.335 e. The highest BCUT2D eigenvalue weighted by Crippen LogP contribution is 2.27. The van der Waals surface area contributed by atoms with Crippen molar-refractivity contribution in [2.45, 2.75) is 13.5 Å². The first-order valence-corrected chi connectivity index (χ1v) is 7.08. The van der Waals surface area contributed by atoms with Crippen molar-refractivity contribution in [1.82, 2.24) is 4.90 Å². The minimum absolute atomic E-state index is 0.00344. The molecule has 0 spiro atoms. The third-order valence-corrected chi connectivity index (χ3v) is 4.31. The van der Waals surface area contributed by atoms with E-state index >= 15 is 0 Å². The zero-order chi connectivity index (χ0) is 15.1. The summed E-state index contributed by atoms with van der Waals surface area (Å²) in [6.45, 7) is 2.17. The molecule has 106 valence electrons. The Morgan fingerprint density at radius 3 is 2.48 bits per heavy atom. The normalized spacial score (nSPS) is 13.7. The van der Waals surface area contributed by atoms with E-state index in [2.05, 4.69) is 0 Å². The van der Waals surface area contributed by atoms with Gasteiger partial charge in [0.25, 0.3) is 11.8 Å². The molecule has 5 nitrogen and oxygen atoms in total. The Morgan fingerprint density at radius 2 is 1.86 bits per heavy atom. The summed E-state index contributed by atoms with van der Waals surface area (Å²) in [7, 11) is 0. The predicted molar refractivity (Wildman–Crippen MR) is 76.7 cm³/mol. The van der Waals surface area contributed by atoms with E-state index in [1.54, 1.807) is 0 Å². The predicted octanol–water partition coefficient (Wildman–Crippen LogP) is 2.55. The van der Waals surface area contributed by atoms with Crippen molar-refractivity contribution < 1.29 is 19.5 Å². The summed E-state index contributed by atoms with van der Waals surface area (Å²) in [5, 5.41) is 8.96. The second-order valence-electron chi connectivity index (χ2n) is 4.77. The molecule has 1 aliphatic rings. The van der Waals surface area contributed by atoms with Gasteiger partial charge in [0.2, 0.25) is 0 Å². The molecule has 1 aromatic carbocycles. The fraction of sp³-hybridized carbons (Fsp3) is 0.133. The van der Waals surface area contributed by atoms with Crippen LogP contribution in [0.2, 0.25) is 0 Å². The molecule has 1 aliphatic heterocycles. The van der Waals surface area contributed by atoms with Crippen LogP contribution in [0.3, 0.4) is 0 Å². The summed E-state index contributed by atoms with van der Waals surface area (Å²) in [6.07, 6.45) is 0. The van der Waals surface area contributed by atoms with Gasteiger partial charge in [0.1, 0.15) is 0 Å². The SMILES string of the molecule is Cc1ccc(CN2C(=O)c3ccc(C(=O)O)cc3C2=O)s1. The Kier molecular flexibility index (Phi) is 3.10. The van der Waals surface area contributed by atoms with Gasteiger partial charge in [-0.25, -0.2) is 4.79 Å². The highest BCUT2D eigenvalue weighted by atomic mass is 32.1. The monoisotopic (exact) mass is 301 g/mol. The summed E-state index contributed by atoms with van der Waals surface area (Å²) in [5.41, 5.74) is 0.426. The average molecular weight is 301 g/mol. The Labute approximate surface area is 124 Å². The number of nitrogens with zero attached hydrogens (tertiary/aromatic N) is 1. The van der Waals surface area contributed by atoms with Crippen LogP contribution in [-0.4, -0.2) is 27.8 Å². The third-order valence-electron chi connectivity index (χ3n) is 3.33. The van der Waals surface area contributed by atoms with Crippen LogP contribution in [0, 0.1) is 6.92 Å². The lowest BCUT2D eigenvalue weighted by atomic mass is 10.1. The van der Waals surface area contributed by atoms with Crippen LogP contribution in [0.25, 0.3) is 0 Å². The van der Waals surface area contributed by atoms with E-state index in [0.717, 1.165) is 14.7 Å². The van der Waals surface area contributed by atoms with Gasteiger partial charge in [-0.2, -0.15) is 0 Å². The van der Waals surface area contributed by atoms with Crippen molar-refractivity contribution in [3.05, 3.63) is 56.8 Å². The fourth-order valence-electron chi connectivity index (χ4n) is 2.29. The molecule has 0 fully saturated rings. The van der Waals surface area contributed by atoms with Crippen LogP contribution >= 0.6 is 11.3 Å². The molecule has 0 bridgehead atoms. The van der Waals surface area contributed by atoms with Crippen molar-refractivity contribution in [3.63, 3.8) is 0 Å². The van der Waals surface area contributed by atoms with E-state index in [4.69, 9.17) is 5.11 Å². The first-order chi connectivity index (χ1) is 9.97. The summed E-state index contributed by atoms with van der Waals surface area (Å²) >= 11 is 1.53. The molecule has 0 unspecified atom stereocenters. The van der Waals surface area contributed by atoms with E-state index in [-0.39, 0.29) is 29.1 Å². The van der Waals surface area contributed by atoms with Gasteiger partial charge in [-0.1, -0.05) is 0 Å². The Morgan fingerprint density at radius 1 is 1.14 bits per heavy atom. The average Bonchev–Trinajstić information content (AvgIpc) is 2.96. The second-order valence-corrected chi connectivity index (χ2v) is 6.15. The highest BCUT2D eigenvalue weighted by Gasteiger charge is 2.36. The number of thiophene rings is 1. The standard InChI is InChI=1S/C15H11NO4S/c1-8-2-4-10(21-8)7-16-13(17)11-5-3-9(15(19)20)6-12(11)14(16)18/h2-6H,7H2,1H3,(H,19,20). The lowest BCUT2D eigenvalue weighted by Gasteiger charge is -2.11. The molecule has 0 atom stereocenters. The summed E-state index contributed by atoms with van der Waals surface area (Å²) in [4.78, 5) is 38.7. The molecule has 0 saturated heterocycles. The number of hydrogen-bond donors (Lipinski definition) is 1. The van der Waals surface area contributed by atoms with E-state index in [9.17, 15) is 14.4 Å². The molecule has 21 heavy (non-hydrogen) atoms. The molecule has 2 aromatic rings. The molecule has 2 amide bonds. The summed E-state index contributed by atoms with van der Waals surface area (Å²) in [6, 6.07) is 7.81. The molecule has 3 rings (SSSR count). The molecule has 1 N–H and O–H groups in total. The number of imide groups is 1. The van der Waals surface area contributed by atoms with Crippen molar-refractivity contribution in [1.29, 1.82) is 0 Å². The topological polar surface area (TPSA) is 74.7 Å². The quantitative estimate of drug-likeness (QED) is 0.884. The lowest BCUT2D eigenvalue weighted by Crippen LogP contribution is -2.28. The van der Waals surface area contributed by atoms with E-state index < -0.39 is 11.9 Å². The van der Waals surface area contributed by atoms with Gasteiger partial charge < -0.3 is 5.11 Å². The van der Waals surface area contributed by atoms with Crippen LogP contribution < -0.4 is 0 Å². The number of benzene rings is 1. The number of hydrogen-bond acceptors (Lipinski definition) is 4. The second kappa shape index (κ2) is 4.82. The maximum atomic E-state index is 12.3. The molecule has 0 aliphatic carbocycles. The van der Waals surface area contributed by atoms with Gasteiger partial charge in [-0.3, -0.25) is 14.5 Å². The van der Waals surface area contributed by atoms with Crippen molar-refractivity contribution >= 4 is 29.1 Å². The number of fused-ring (bicyclic) bond motifs is 1. The first-order valence-electron chi connectivity index (χ1n) is 6.26. The lowest BCUT2D eigenvalue weighted by molar-refractivity contribution is 0.0642. The number of carbonyl (C=O) groups excluding carboxylic acids is 2. The number of rotatable bonds is 3. The molecule has 0 radical (unpaired) electrons.